The minimum Gasteiger partial charge on any atom is -0.310 e. The van der Waals surface area contributed by atoms with E-state index in [1.807, 2.05) is 0 Å². The standard InChI is InChI=1S/C13H15Cl2FN2O2S.ClH/c14-11-5-8(16)6-12(15)13(11)21(19,20)18-4-3-9-1-2-10(7-18)17-9;/h5-6,9-10,17H,1-4,7H2;1H. The molecule has 1 aromatic rings. The maximum atomic E-state index is 13.2. The van der Waals surface area contributed by atoms with Crippen molar-refractivity contribution in [3.05, 3.63) is 28.0 Å². The van der Waals surface area contributed by atoms with Crippen molar-refractivity contribution >= 4 is 45.6 Å². The van der Waals surface area contributed by atoms with Gasteiger partial charge in [-0.2, -0.15) is 4.31 Å². The number of nitrogens with one attached hydrogen (secondary N) is 1. The highest BCUT2D eigenvalue weighted by atomic mass is 35.5. The van der Waals surface area contributed by atoms with Gasteiger partial charge in [0, 0.05) is 25.2 Å². The molecule has 1 aromatic carbocycles. The summed E-state index contributed by atoms with van der Waals surface area (Å²) in [6, 6.07) is 2.48. The maximum absolute atomic E-state index is 13.2. The van der Waals surface area contributed by atoms with Gasteiger partial charge in [0.15, 0.2) is 0 Å². The van der Waals surface area contributed by atoms with Crippen LogP contribution in [0.15, 0.2) is 17.0 Å². The van der Waals surface area contributed by atoms with Crippen LogP contribution in [-0.2, 0) is 10.0 Å². The lowest BCUT2D eigenvalue weighted by Crippen LogP contribution is -2.39. The fourth-order valence-corrected chi connectivity index (χ4v) is 5.67. The van der Waals surface area contributed by atoms with Crippen LogP contribution in [-0.4, -0.2) is 37.9 Å². The number of sulfonamides is 1. The summed E-state index contributed by atoms with van der Waals surface area (Å²) in [6.07, 6.45) is 2.80. The Morgan fingerprint density at radius 3 is 2.36 bits per heavy atom. The molecule has 9 heteroatoms. The summed E-state index contributed by atoms with van der Waals surface area (Å²) in [6.45, 7) is 0.809. The third-order valence-electron chi connectivity index (χ3n) is 4.05. The monoisotopic (exact) mass is 388 g/mol. The molecular formula is C13H16Cl3FN2O2S. The molecule has 3 rings (SSSR count). The Balaban J connectivity index is 0.00000176. The quantitative estimate of drug-likeness (QED) is 0.846. The lowest BCUT2D eigenvalue weighted by molar-refractivity contribution is 0.383. The molecule has 1 N–H and O–H groups in total. The van der Waals surface area contributed by atoms with Crippen LogP contribution in [0, 0.1) is 5.82 Å². The summed E-state index contributed by atoms with van der Waals surface area (Å²) in [5.74, 6) is -0.652. The summed E-state index contributed by atoms with van der Waals surface area (Å²) in [7, 11) is -3.82. The van der Waals surface area contributed by atoms with E-state index < -0.39 is 15.8 Å². The minimum absolute atomic E-state index is 0. The summed E-state index contributed by atoms with van der Waals surface area (Å²) in [5, 5.41) is 3.06. The predicted molar refractivity (Wildman–Crippen MR) is 87.0 cm³/mol. The van der Waals surface area contributed by atoms with Crippen molar-refractivity contribution in [2.75, 3.05) is 13.1 Å². The van der Waals surface area contributed by atoms with Crippen molar-refractivity contribution in [3.8, 4) is 0 Å². The van der Waals surface area contributed by atoms with Crippen molar-refractivity contribution in [3.63, 3.8) is 0 Å². The molecule has 0 aliphatic carbocycles. The molecule has 2 saturated heterocycles. The highest BCUT2D eigenvalue weighted by Gasteiger charge is 2.36. The Kier molecular flexibility index (Phi) is 5.63. The van der Waals surface area contributed by atoms with Crippen LogP contribution in [0.3, 0.4) is 0 Å². The molecule has 0 radical (unpaired) electrons. The van der Waals surface area contributed by atoms with E-state index in [-0.39, 0.29) is 33.4 Å². The highest BCUT2D eigenvalue weighted by Crippen LogP contribution is 2.34. The van der Waals surface area contributed by atoms with Gasteiger partial charge in [-0.3, -0.25) is 0 Å². The number of halogens is 4. The summed E-state index contributed by atoms with van der Waals surface area (Å²) in [4.78, 5) is -0.204. The van der Waals surface area contributed by atoms with Gasteiger partial charge in [-0.25, -0.2) is 12.8 Å². The molecule has 4 nitrogen and oxygen atoms in total. The van der Waals surface area contributed by atoms with E-state index in [9.17, 15) is 12.8 Å². The first-order chi connectivity index (χ1) is 9.88. The predicted octanol–water partition coefficient (Wildman–Crippen LogP) is 3.07. The first kappa shape index (κ1) is 18.2. The highest BCUT2D eigenvalue weighted by molar-refractivity contribution is 7.89. The SMILES string of the molecule is Cl.O=S(=O)(c1c(Cl)cc(F)cc1Cl)N1CCC2CCC(C1)N2. The van der Waals surface area contributed by atoms with Crippen LogP contribution in [0.25, 0.3) is 0 Å². The zero-order valence-corrected chi connectivity index (χ0v) is 14.7. The molecule has 2 unspecified atom stereocenters. The molecule has 22 heavy (non-hydrogen) atoms. The van der Waals surface area contributed by atoms with Gasteiger partial charge in [0.2, 0.25) is 10.0 Å². The molecule has 0 aromatic heterocycles. The second-order valence-electron chi connectivity index (χ2n) is 5.49. The number of fused-ring (bicyclic) bond motifs is 2. The van der Waals surface area contributed by atoms with Gasteiger partial charge >= 0.3 is 0 Å². The Morgan fingerprint density at radius 2 is 1.73 bits per heavy atom. The summed E-state index contributed by atoms with van der Waals surface area (Å²) >= 11 is 11.8. The van der Waals surface area contributed by atoms with Crippen LogP contribution in [0.1, 0.15) is 19.3 Å². The van der Waals surface area contributed by atoms with Gasteiger partial charge in [-0.05, 0) is 31.4 Å². The molecule has 2 heterocycles. The largest absolute Gasteiger partial charge is 0.310 e. The number of nitrogens with zero attached hydrogens (tertiary/aromatic N) is 1. The van der Waals surface area contributed by atoms with E-state index >= 15 is 0 Å². The molecule has 2 aliphatic rings. The van der Waals surface area contributed by atoms with Crippen LogP contribution in [0.4, 0.5) is 4.39 Å². The summed E-state index contributed by atoms with van der Waals surface area (Å²) in [5.41, 5.74) is 0. The maximum Gasteiger partial charge on any atom is 0.246 e. The molecule has 124 valence electrons. The first-order valence-corrected chi connectivity index (χ1v) is 8.98. The van der Waals surface area contributed by atoms with E-state index in [2.05, 4.69) is 5.32 Å². The van der Waals surface area contributed by atoms with E-state index in [1.54, 1.807) is 0 Å². The molecule has 0 saturated carbocycles. The van der Waals surface area contributed by atoms with Crippen LogP contribution < -0.4 is 5.32 Å². The van der Waals surface area contributed by atoms with Gasteiger partial charge in [-0.15, -0.1) is 12.4 Å². The van der Waals surface area contributed by atoms with E-state index in [0.29, 0.717) is 19.1 Å². The third-order valence-corrected chi connectivity index (χ3v) is 6.83. The Hall–Kier alpha value is -0.110. The van der Waals surface area contributed by atoms with Gasteiger partial charge in [0.25, 0.3) is 0 Å². The van der Waals surface area contributed by atoms with Crippen LogP contribution >= 0.6 is 35.6 Å². The third kappa shape index (κ3) is 3.37. The number of rotatable bonds is 2. The van der Waals surface area contributed by atoms with E-state index in [0.717, 1.165) is 31.4 Å². The van der Waals surface area contributed by atoms with Crippen molar-refractivity contribution in [2.24, 2.45) is 0 Å². The van der Waals surface area contributed by atoms with Gasteiger partial charge in [-0.1, -0.05) is 23.2 Å². The topological polar surface area (TPSA) is 49.4 Å². The van der Waals surface area contributed by atoms with Crippen molar-refractivity contribution < 1.29 is 12.8 Å². The summed E-state index contributed by atoms with van der Waals surface area (Å²) < 4.78 is 40.2. The molecule has 2 bridgehead atoms. The van der Waals surface area contributed by atoms with Gasteiger partial charge < -0.3 is 5.32 Å². The second-order valence-corrected chi connectivity index (χ2v) is 8.18. The molecule has 2 fully saturated rings. The van der Waals surface area contributed by atoms with Crippen LogP contribution in [0.5, 0.6) is 0 Å². The van der Waals surface area contributed by atoms with Crippen molar-refractivity contribution in [1.82, 2.24) is 9.62 Å². The van der Waals surface area contributed by atoms with Crippen LogP contribution in [0.2, 0.25) is 10.0 Å². The lowest BCUT2D eigenvalue weighted by Gasteiger charge is -2.24. The Labute approximate surface area is 145 Å². The molecule has 0 spiro atoms. The second kappa shape index (κ2) is 6.79. The average molecular weight is 390 g/mol. The number of benzene rings is 1. The molecule has 2 atom stereocenters. The number of hydrogen-bond donors (Lipinski definition) is 1. The Bertz CT molecular complexity index is 648. The van der Waals surface area contributed by atoms with E-state index in [4.69, 9.17) is 23.2 Å². The fraction of sp³-hybridized carbons (Fsp3) is 0.538. The first-order valence-electron chi connectivity index (χ1n) is 6.78. The zero-order valence-electron chi connectivity index (χ0n) is 11.6. The van der Waals surface area contributed by atoms with E-state index in [1.165, 1.54) is 4.31 Å². The Morgan fingerprint density at radius 1 is 1.14 bits per heavy atom. The lowest BCUT2D eigenvalue weighted by atomic mass is 10.1. The molecule has 2 aliphatic heterocycles. The smallest absolute Gasteiger partial charge is 0.246 e. The fourth-order valence-electron chi connectivity index (χ4n) is 3.03. The minimum atomic E-state index is -3.82. The zero-order chi connectivity index (χ0) is 15.2. The number of hydrogen-bond acceptors (Lipinski definition) is 3. The van der Waals surface area contributed by atoms with Crippen molar-refractivity contribution in [1.29, 1.82) is 0 Å². The van der Waals surface area contributed by atoms with Gasteiger partial charge in [0.05, 0.1) is 10.0 Å². The van der Waals surface area contributed by atoms with Crippen molar-refractivity contribution in [2.45, 2.75) is 36.2 Å². The normalized spacial score (nSPS) is 25.6. The van der Waals surface area contributed by atoms with Gasteiger partial charge in [0.1, 0.15) is 10.7 Å². The molecular weight excluding hydrogens is 374 g/mol. The molecule has 0 amide bonds. The average Bonchev–Trinajstić information content (AvgIpc) is 2.66.